The Morgan fingerprint density at radius 1 is 1.28 bits per heavy atom. The largest absolute Gasteiger partial charge is 0.380 e. The average molecular weight is 256 g/mol. The van der Waals surface area contributed by atoms with Crippen molar-refractivity contribution >= 4 is 0 Å². The van der Waals surface area contributed by atoms with Crippen LogP contribution in [0.15, 0.2) is 0 Å². The second-order valence-electron chi connectivity index (χ2n) is 5.72. The first-order chi connectivity index (χ1) is 8.76. The first kappa shape index (κ1) is 15.9. The Morgan fingerprint density at radius 2 is 2.06 bits per heavy atom. The van der Waals surface area contributed by atoms with E-state index in [4.69, 9.17) is 4.74 Å². The predicted molar refractivity (Wildman–Crippen MR) is 78.0 cm³/mol. The predicted octanol–water partition coefficient (Wildman–Crippen LogP) is 2.51. The lowest BCUT2D eigenvalue weighted by molar-refractivity contribution is 0.100. The number of nitrogens with one attached hydrogen (secondary N) is 1. The van der Waals surface area contributed by atoms with Gasteiger partial charge in [0.1, 0.15) is 0 Å². The number of ether oxygens (including phenoxy) is 1. The maximum atomic E-state index is 5.69. The van der Waals surface area contributed by atoms with Crippen LogP contribution in [0.25, 0.3) is 0 Å². The van der Waals surface area contributed by atoms with E-state index in [1.54, 1.807) is 0 Å². The van der Waals surface area contributed by atoms with E-state index in [0.717, 1.165) is 38.8 Å². The van der Waals surface area contributed by atoms with Gasteiger partial charge >= 0.3 is 0 Å². The zero-order valence-electron chi connectivity index (χ0n) is 12.6. The van der Waals surface area contributed by atoms with Gasteiger partial charge in [-0.05, 0) is 45.2 Å². The molecule has 0 heterocycles. The Balaban J connectivity index is 2.03. The average Bonchev–Trinajstić information content (AvgIpc) is 3.16. The van der Waals surface area contributed by atoms with Gasteiger partial charge in [-0.25, -0.2) is 0 Å². The molecule has 1 aliphatic rings. The second kappa shape index (κ2) is 9.76. The van der Waals surface area contributed by atoms with E-state index >= 15 is 0 Å². The second-order valence-corrected chi connectivity index (χ2v) is 5.72. The van der Waals surface area contributed by atoms with Gasteiger partial charge in [-0.15, -0.1) is 0 Å². The van der Waals surface area contributed by atoms with Gasteiger partial charge in [0.05, 0.1) is 6.61 Å². The summed E-state index contributed by atoms with van der Waals surface area (Å²) in [4.78, 5) is 2.40. The first-order valence-electron chi connectivity index (χ1n) is 7.75. The molecule has 0 bridgehead atoms. The monoisotopic (exact) mass is 256 g/mol. The zero-order chi connectivity index (χ0) is 13.2. The summed E-state index contributed by atoms with van der Waals surface area (Å²) in [6.07, 6.45) is 6.51. The summed E-state index contributed by atoms with van der Waals surface area (Å²) in [6, 6.07) is 0.642. The molecule has 1 fully saturated rings. The van der Waals surface area contributed by atoms with Crippen LogP contribution in [-0.4, -0.2) is 50.8 Å². The van der Waals surface area contributed by atoms with Crippen LogP contribution >= 0.6 is 0 Å². The number of rotatable bonds is 12. The topological polar surface area (TPSA) is 24.5 Å². The third-order valence-electron chi connectivity index (χ3n) is 3.52. The van der Waals surface area contributed by atoms with Gasteiger partial charge in [-0.2, -0.15) is 0 Å². The van der Waals surface area contributed by atoms with Gasteiger partial charge in [-0.1, -0.05) is 20.3 Å². The fraction of sp³-hybridized carbons (Fsp3) is 1.00. The highest BCUT2D eigenvalue weighted by Crippen LogP contribution is 2.28. The molecule has 1 atom stereocenters. The van der Waals surface area contributed by atoms with Gasteiger partial charge in [-0.3, -0.25) is 0 Å². The van der Waals surface area contributed by atoms with Crippen LogP contribution in [0.2, 0.25) is 0 Å². The van der Waals surface area contributed by atoms with Gasteiger partial charge < -0.3 is 15.0 Å². The molecule has 3 heteroatoms. The summed E-state index contributed by atoms with van der Waals surface area (Å²) >= 11 is 0. The fourth-order valence-electron chi connectivity index (χ4n) is 2.18. The lowest BCUT2D eigenvalue weighted by Crippen LogP contribution is -2.40. The van der Waals surface area contributed by atoms with E-state index in [0.29, 0.717) is 6.04 Å². The minimum absolute atomic E-state index is 0.642. The SMILES string of the molecule is CCCNC(CCC)CN(C)CCOCC1CC1. The van der Waals surface area contributed by atoms with Crippen molar-refractivity contribution in [3.05, 3.63) is 0 Å². The molecule has 0 aliphatic heterocycles. The van der Waals surface area contributed by atoms with Crippen LogP contribution in [0.1, 0.15) is 46.0 Å². The van der Waals surface area contributed by atoms with E-state index in [1.165, 1.54) is 32.1 Å². The molecule has 0 aromatic heterocycles. The summed E-state index contributed by atoms with van der Waals surface area (Å²) in [5, 5.41) is 3.64. The molecule has 3 nitrogen and oxygen atoms in total. The molecular formula is C15H32N2O. The fourth-order valence-corrected chi connectivity index (χ4v) is 2.18. The minimum atomic E-state index is 0.642. The van der Waals surface area contributed by atoms with Crippen molar-refractivity contribution in [3.8, 4) is 0 Å². The molecule has 1 saturated carbocycles. The van der Waals surface area contributed by atoms with Crippen LogP contribution in [0, 0.1) is 5.92 Å². The quantitative estimate of drug-likeness (QED) is 0.543. The molecule has 0 saturated heterocycles. The van der Waals surface area contributed by atoms with Gasteiger partial charge in [0.25, 0.3) is 0 Å². The molecule has 0 amide bonds. The lowest BCUT2D eigenvalue weighted by Gasteiger charge is -2.24. The van der Waals surface area contributed by atoms with Gasteiger partial charge in [0.2, 0.25) is 0 Å². The van der Waals surface area contributed by atoms with Crippen molar-refractivity contribution in [2.24, 2.45) is 5.92 Å². The van der Waals surface area contributed by atoms with E-state index in [2.05, 4.69) is 31.1 Å². The lowest BCUT2D eigenvalue weighted by atomic mass is 10.1. The molecule has 1 unspecified atom stereocenters. The molecule has 1 rings (SSSR count). The van der Waals surface area contributed by atoms with Crippen molar-refractivity contribution in [1.82, 2.24) is 10.2 Å². The van der Waals surface area contributed by atoms with E-state index in [1.807, 2.05) is 0 Å². The zero-order valence-corrected chi connectivity index (χ0v) is 12.6. The third-order valence-corrected chi connectivity index (χ3v) is 3.52. The van der Waals surface area contributed by atoms with Crippen LogP contribution < -0.4 is 5.32 Å². The minimum Gasteiger partial charge on any atom is -0.380 e. The summed E-state index contributed by atoms with van der Waals surface area (Å²) in [5.41, 5.74) is 0. The van der Waals surface area contributed by atoms with Crippen molar-refractivity contribution in [2.45, 2.75) is 52.0 Å². The van der Waals surface area contributed by atoms with Crippen molar-refractivity contribution in [2.75, 3.05) is 39.9 Å². The van der Waals surface area contributed by atoms with Crippen LogP contribution in [0.4, 0.5) is 0 Å². The summed E-state index contributed by atoms with van der Waals surface area (Å²) in [5.74, 6) is 0.884. The number of hydrogen-bond acceptors (Lipinski definition) is 3. The molecule has 1 N–H and O–H groups in total. The van der Waals surface area contributed by atoms with Crippen LogP contribution in [0.5, 0.6) is 0 Å². The maximum Gasteiger partial charge on any atom is 0.0593 e. The number of likely N-dealkylation sites (N-methyl/N-ethyl adjacent to an activating group) is 1. The smallest absolute Gasteiger partial charge is 0.0593 e. The Kier molecular flexibility index (Phi) is 8.64. The van der Waals surface area contributed by atoms with E-state index in [9.17, 15) is 0 Å². The number of nitrogens with zero attached hydrogens (tertiary/aromatic N) is 1. The van der Waals surface area contributed by atoms with Crippen LogP contribution in [-0.2, 0) is 4.74 Å². The molecule has 0 spiro atoms. The van der Waals surface area contributed by atoms with Crippen molar-refractivity contribution < 1.29 is 4.74 Å². The molecule has 18 heavy (non-hydrogen) atoms. The summed E-state index contributed by atoms with van der Waals surface area (Å²) in [6.45, 7) is 9.70. The van der Waals surface area contributed by atoms with Gasteiger partial charge in [0, 0.05) is 25.7 Å². The molecule has 0 radical (unpaired) electrons. The number of hydrogen-bond donors (Lipinski definition) is 1. The highest BCUT2D eigenvalue weighted by Gasteiger charge is 2.21. The molecule has 1 aliphatic carbocycles. The van der Waals surface area contributed by atoms with Gasteiger partial charge in [0.15, 0.2) is 0 Å². The summed E-state index contributed by atoms with van der Waals surface area (Å²) < 4.78 is 5.69. The first-order valence-corrected chi connectivity index (χ1v) is 7.75. The summed E-state index contributed by atoms with van der Waals surface area (Å²) in [7, 11) is 2.21. The highest BCUT2D eigenvalue weighted by molar-refractivity contribution is 4.72. The Hall–Kier alpha value is -0.120. The Labute approximate surface area is 113 Å². The Bertz CT molecular complexity index is 195. The Morgan fingerprint density at radius 3 is 2.67 bits per heavy atom. The molecule has 0 aromatic rings. The van der Waals surface area contributed by atoms with E-state index < -0.39 is 0 Å². The standard InChI is InChI=1S/C15H32N2O/c1-4-6-15(16-9-5-2)12-17(3)10-11-18-13-14-7-8-14/h14-16H,4-13H2,1-3H3. The highest BCUT2D eigenvalue weighted by atomic mass is 16.5. The third kappa shape index (κ3) is 8.06. The molecule has 108 valence electrons. The van der Waals surface area contributed by atoms with Crippen LogP contribution in [0.3, 0.4) is 0 Å². The van der Waals surface area contributed by atoms with Crippen molar-refractivity contribution in [1.29, 1.82) is 0 Å². The molecular weight excluding hydrogens is 224 g/mol. The normalized spacial score (nSPS) is 17.3. The van der Waals surface area contributed by atoms with Crippen molar-refractivity contribution in [3.63, 3.8) is 0 Å². The maximum absolute atomic E-state index is 5.69. The molecule has 0 aromatic carbocycles. The van der Waals surface area contributed by atoms with E-state index in [-0.39, 0.29) is 0 Å².